The van der Waals surface area contributed by atoms with Gasteiger partial charge >= 0.3 is 0 Å². The molecule has 0 aromatic carbocycles. The van der Waals surface area contributed by atoms with Crippen LogP contribution < -0.4 is 5.32 Å². The highest BCUT2D eigenvalue weighted by Crippen LogP contribution is 2.51. The molecule has 2 fully saturated rings. The van der Waals surface area contributed by atoms with Crippen molar-refractivity contribution in [2.45, 2.75) is 57.4 Å². The Morgan fingerprint density at radius 3 is 2.78 bits per heavy atom. The molecule has 2 nitrogen and oxygen atoms in total. The Hall–Kier alpha value is -0.890. The Kier molecular flexibility index (Phi) is 3.64. The van der Waals surface area contributed by atoms with Crippen LogP contribution in [0, 0.1) is 5.41 Å². The standard InChI is InChI=1S/C16H24N2/c1-2-8-16(9-3-1)10-6-15(16)18-12-7-14-5-4-11-17-13-14/h4-5,11,13,15,18H,1-3,6-10,12H2. The molecular weight excluding hydrogens is 220 g/mol. The summed E-state index contributed by atoms with van der Waals surface area (Å²) in [5.74, 6) is 0. The number of hydrogen-bond acceptors (Lipinski definition) is 2. The molecule has 18 heavy (non-hydrogen) atoms. The van der Waals surface area contributed by atoms with E-state index in [1.807, 2.05) is 18.5 Å². The van der Waals surface area contributed by atoms with Crippen LogP contribution in [0.5, 0.6) is 0 Å². The van der Waals surface area contributed by atoms with Crippen molar-refractivity contribution in [1.29, 1.82) is 0 Å². The minimum atomic E-state index is 0.688. The van der Waals surface area contributed by atoms with Crippen molar-refractivity contribution in [3.05, 3.63) is 30.1 Å². The second-order valence-electron chi connectivity index (χ2n) is 6.08. The van der Waals surface area contributed by atoms with Gasteiger partial charge in [0.05, 0.1) is 0 Å². The molecule has 1 atom stereocenters. The Balaban J connectivity index is 1.46. The maximum atomic E-state index is 4.17. The molecule has 1 N–H and O–H groups in total. The van der Waals surface area contributed by atoms with Crippen LogP contribution in [0.4, 0.5) is 0 Å². The maximum Gasteiger partial charge on any atom is 0.0300 e. The van der Waals surface area contributed by atoms with Crippen LogP contribution in [0.2, 0.25) is 0 Å². The van der Waals surface area contributed by atoms with Crippen molar-refractivity contribution in [1.82, 2.24) is 10.3 Å². The lowest BCUT2D eigenvalue weighted by molar-refractivity contribution is 0.0236. The Morgan fingerprint density at radius 1 is 1.22 bits per heavy atom. The average molecular weight is 244 g/mol. The second-order valence-corrected chi connectivity index (χ2v) is 6.08. The van der Waals surface area contributed by atoms with E-state index in [1.54, 1.807) is 0 Å². The number of nitrogens with one attached hydrogen (secondary N) is 1. The lowest BCUT2D eigenvalue weighted by Gasteiger charge is -2.52. The van der Waals surface area contributed by atoms with Crippen molar-refractivity contribution < 1.29 is 0 Å². The minimum Gasteiger partial charge on any atom is -0.313 e. The zero-order valence-corrected chi connectivity index (χ0v) is 11.2. The molecule has 1 unspecified atom stereocenters. The van der Waals surface area contributed by atoms with E-state index in [4.69, 9.17) is 0 Å². The van der Waals surface area contributed by atoms with Gasteiger partial charge in [0.2, 0.25) is 0 Å². The van der Waals surface area contributed by atoms with E-state index < -0.39 is 0 Å². The van der Waals surface area contributed by atoms with Gasteiger partial charge in [-0.25, -0.2) is 0 Å². The van der Waals surface area contributed by atoms with E-state index in [0.717, 1.165) is 19.0 Å². The molecule has 2 aliphatic carbocycles. The Labute approximate surface area is 110 Å². The molecular formula is C16H24N2. The first-order valence-corrected chi connectivity index (χ1v) is 7.51. The number of pyridine rings is 1. The minimum absolute atomic E-state index is 0.688. The highest BCUT2D eigenvalue weighted by molar-refractivity contribution is 5.09. The number of nitrogens with zero attached hydrogens (tertiary/aromatic N) is 1. The molecule has 2 heteroatoms. The number of rotatable bonds is 4. The van der Waals surface area contributed by atoms with Crippen LogP contribution >= 0.6 is 0 Å². The van der Waals surface area contributed by atoms with E-state index in [2.05, 4.69) is 16.4 Å². The molecule has 1 aromatic heterocycles. The van der Waals surface area contributed by atoms with Gasteiger partial charge in [-0.3, -0.25) is 4.98 Å². The Bertz CT molecular complexity index is 368. The van der Waals surface area contributed by atoms with Gasteiger partial charge in [0.25, 0.3) is 0 Å². The van der Waals surface area contributed by atoms with Gasteiger partial charge in [0.1, 0.15) is 0 Å². The topological polar surface area (TPSA) is 24.9 Å². The van der Waals surface area contributed by atoms with Crippen molar-refractivity contribution in [2.75, 3.05) is 6.54 Å². The van der Waals surface area contributed by atoms with Crippen molar-refractivity contribution >= 4 is 0 Å². The van der Waals surface area contributed by atoms with Crippen LogP contribution in [0.15, 0.2) is 24.5 Å². The largest absolute Gasteiger partial charge is 0.313 e. The maximum absolute atomic E-state index is 4.17. The summed E-state index contributed by atoms with van der Waals surface area (Å²) in [5, 5.41) is 3.80. The molecule has 2 saturated carbocycles. The monoisotopic (exact) mass is 244 g/mol. The normalized spacial score (nSPS) is 25.9. The van der Waals surface area contributed by atoms with Crippen LogP contribution in [-0.4, -0.2) is 17.6 Å². The molecule has 1 heterocycles. The van der Waals surface area contributed by atoms with Gasteiger partial charge in [-0.15, -0.1) is 0 Å². The fourth-order valence-corrected chi connectivity index (χ4v) is 3.81. The number of hydrogen-bond donors (Lipinski definition) is 1. The fourth-order valence-electron chi connectivity index (χ4n) is 3.81. The second kappa shape index (κ2) is 5.40. The zero-order valence-electron chi connectivity index (χ0n) is 11.2. The molecule has 2 aliphatic rings. The summed E-state index contributed by atoms with van der Waals surface area (Å²) in [6.07, 6.45) is 15.1. The summed E-state index contributed by atoms with van der Waals surface area (Å²) in [6.45, 7) is 1.11. The first-order valence-electron chi connectivity index (χ1n) is 7.51. The predicted molar refractivity (Wildman–Crippen MR) is 74.5 cm³/mol. The zero-order chi connectivity index (χ0) is 12.3. The lowest BCUT2D eigenvalue weighted by atomic mass is 9.57. The average Bonchev–Trinajstić information content (AvgIpc) is 2.44. The van der Waals surface area contributed by atoms with Gasteiger partial charge in [0, 0.05) is 18.4 Å². The van der Waals surface area contributed by atoms with Gasteiger partial charge in [-0.05, 0) is 55.7 Å². The molecule has 0 bridgehead atoms. The van der Waals surface area contributed by atoms with Crippen LogP contribution in [0.1, 0.15) is 50.5 Å². The number of aromatic nitrogens is 1. The van der Waals surface area contributed by atoms with Crippen LogP contribution in [-0.2, 0) is 6.42 Å². The summed E-state index contributed by atoms with van der Waals surface area (Å²) >= 11 is 0. The van der Waals surface area contributed by atoms with E-state index in [-0.39, 0.29) is 0 Å². The van der Waals surface area contributed by atoms with E-state index in [9.17, 15) is 0 Å². The molecule has 0 aliphatic heterocycles. The molecule has 0 radical (unpaired) electrons. The van der Waals surface area contributed by atoms with Gasteiger partial charge in [-0.2, -0.15) is 0 Å². The smallest absolute Gasteiger partial charge is 0.0300 e. The van der Waals surface area contributed by atoms with E-state index >= 15 is 0 Å². The third kappa shape index (κ3) is 2.44. The highest BCUT2D eigenvalue weighted by Gasteiger charge is 2.46. The molecule has 0 amide bonds. The first-order chi connectivity index (χ1) is 8.89. The summed E-state index contributed by atoms with van der Waals surface area (Å²) in [6, 6.07) is 5.00. The van der Waals surface area contributed by atoms with Gasteiger partial charge < -0.3 is 5.32 Å². The first kappa shape index (κ1) is 12.2. The van der Waals surface area contributed by atoms with Crippen molar-refractivity contribution in [2.24, 2.45) is 5.41 Å². The summed E-state index contributed by atoms with van der Waals surface area (Å²) in [4.78, 5) is 4.17. The molecule has 1 aromatic rings. The Morgan fingerprint density at radius 2 is 2.11 bits per heavy atom. The summed E-state index contributed by atoms with van der Waals surface area (Å²) in [7, 11) is 0. The predicted octanol–water partition coefficient (Wildman–Crippen LogP) is 3.33. The molecule has 0 saturated heterocycles. The summed E-state index contributed by atoms with van der Waals surface area (Å²) in [5.41, 5.74) is 2.04. The molecule has 98 valence electrons. The van der Waals surface area contributed by atoms with Gasteiger partial charge in [-0.1, -0.05) is 25.3 Å². The van der Waals surface area contributed by atoms with Crippen LogP contribution in [0.3, 0.4) is 0 Å². The van der Waals surface area contributed by atoms with E-state index in [0.29, 0.717) is 5.41 Å². The van der Waals surface area contributed by atoms with Crippen molar-refractivity contribution in [3.8, 4) is 0 Å². The van der Waals surface area contributed by atoms with Gasteiger partial charge in [0.15, 0.2) is 0 Å². The highest BCUT2D eigenvalue weighted by atomic mass is 15.0. The fraction of sp³-hybridized carbons (Fsp3) is 0.688. The SMILES string of the molecule is c1cncc(CCNC2CCC23CCCCC3)c1. The van der Waals surface area contributed by atoms with Crippen molar-refractivity contribution in [3.63, 3.8) is 0 Å². The molecule has 3 rings (SSSR count). The van der Waals surface area contributed by atoms with E-state index in [1.165, 1.54) is 50.5 Å². The third-order valence-corrected chi connectivity index (χ3v) is 5.05. The summed E-state index contributed by atoms with van der Waals surface area (Å²) < 4.78 is 0. The van der Waals surface area contributed by atoms with Crippen LogP contribution in [0.25, 0.3) is 0 Å². The lowest BCUT2D eigenvalue weighted by Crippen LogP contribution is -2.54. The quantitative estimate of drug-likeness (QED) is 0.879. The third-order valence-electron chi connectivity index (χ3n) is 5.05. The molecule has 1 spiro atoms.